The molecule has 0 atom stereocenters. The molecule has 0 saturated heterocycles. The van der Waals surface area contributed by atoms with Crippen molar-refractivity contribution in [1.29, 1.82) is 0 Å². The van der Waals surface area contributed by atoms with Crippen molar-refractivity contribution in [3.05, 3.63) is 45.6 Å². The number of nitrogens with one attached hydrogen (secondary N) is 1. The molecular weight excluding hydrogens is 262 g/mol. The molecule has 19 heavy (non-hydrogen) atoms. The Balaban J connectivity index is 2.18. The molecule has 2 aromatic rings. The summed E-state index contributed by atoms with van der Waals surface area (Å²) >= 11 is 0. The molecule has 9 heteroatoms. The Morgan fingerprint density at radius 1 is 1.42 bits per heavy atom. The fourth-order valence-electron chi connectivity index (χ4n) is 1.41. The topological polar surface area (TPSA) is 94.1 Å². The molecule has 1 heterocycles. The zero-order valence-corrected chi connectivity index (χ0v) is 9.68. The number of non-ortho nitro benzene ring substituents is 1. The summed E-state index contributed by atoms with van der Waals surface area (Å²) in [5.74, 6) is -1.60. The molecule has 0 fully saturated rings. The summed E-state index contributed by atoms with van der Waals surface area (Å²) in [5, 5.41) is 16.3. The Morgan fingerprint density at radius 3 is 2.53 bits per heavy atom. The largest absolute Gasteiger partial charge is 0.371 e. The molecule has 1 aromatic carbocycles. The van der Waals surface area contributed by atoms with Crippen LogP contribution in [0.15, 0.2) is 16.7 Å². The molecule has 100 valence electrons. The van der Waals surface area contributed by atoms with Crippen LogP contribution < -0.4 is 5.32 Å². The Hall–Kier alpha value is -2.58. The van der Waals surface area contributed by atoms with Gasteiger partial charge in [-0.3, -0.25) is 10.1 Å². The molecular formula is C10H8F2N4O3. The number of hydrogen-bond acceptors (Lipinski definition) is 6. The van der Waals surface area contributed by atoms with Crippen LogP contribution in [0, 0.1) is 28.7 Å². The van der Waals surface area contributed by atoms with Gasteiger partial charge in [0.2, 0.25) is 5.89 Å². The number of aryl methyl sites for hydroxylation is 1. The van der Waals surface area contributed by atoms with Crippen LogP contribution in [0.2, 0.25) is 0 Å². The normalized spacial score (nSPS) is 10.5. The number of halogens is 2. The van der Waals surface area contributed by atoms with Gasteiger partial charge in [0.15, 0.2) is 17.5 Å². The Bertz CT molecular complexity index is 606. The van der Waals surface area contributed by atoms with E-state index in [2.05, 4.69) is 15.5 Å². The zero-order valence-electron chi connectivity index (χ0n) is 9.68. The summed E-state index contributed by atoms with van der Waals surface area (Å²) in [7, 11) is 0. The van der Waals surface area contributed by atoms with E-state index in [0.29, 0.717) is 18.0 Å². The van der Waals surface area contributed by atoms with Crippen molar-refractivity contribution >= 4 is 11.4 Å². The minimum absolute atomic E-state index is 0.0908. The van der Waals surface area contributed by atoms with Crippen molar-refractivity contribution in [1.82, 2.24) is 10.1 Å². The van der Waals surface area contributed by atoms with Crippen molar-refractivity contribution in [2.45, 2.75) is 13.5 Å². The van der Waals surface area contributed by atoms with E-state index in [-0.39, 0.29) is 12.4 Å². The quantitative estimate of drug-likeness (QED) is 0.675. The number of benzene rings is 1. The number of nitro benzene ring substituents is 1. The van der Waals surface area contributed by atoms with Gasteiger partial charge in [0.1, 0.15) is 5.69 Å². The summed E-state index contributed by atoms with van der Waals surface area (Å²) in [4.78, 5) is 13.4. The van der Waals surface area contributed by atoms with Gasteiger partial charge in [0.05, 0.1) is 23.6 Å². The fourth-order valence-corrected chi connectivity index (χ4v) is 1.41. The molecule has 0 amide bonds. The molecule has 0 aliphatic rings. The van der Waals surface area contributed by atoms with Crippen LogP contribution in [0.1, 0.15) is 11.7 Å². The van der Waals surface area contributed by atoms with Gasteiger partial charge in [-0.25, -0.2) is 8.78 Å². The maximum Gasteiger partial charge on any atom is 0.275 e. The first-order valence-electron chi connectivity index (χ1n) is 5.14. The van der Waals surface area contributed by atoms with Gasteiger partial charge >= 0.3 is 0 Å². The summed E-state index contributed by atoms with van der Waals surface area (Å²) in [6.07, 6.45) is 0. The monoisotopic (exact) mass is 270 g/mol. The van der Waals surface area contributed by atoms with E-state index in [0.717, 1.165) is 0 Å². The standard InChI is InChI=1S/C10H8F2N4O3/c1-5-14-9(19-15-5)4-13-10-7(11)2-6(16(17)18)3-8(10)12/h2-3,13H,4H2,1H3. The van der Waals surface area contributed by atoms with Crippen molar-refractivity contribution in [3.63, 3.8) is 0 Å². The third-order valence-corrected chi connectivity index (χ3v) is 2.22. The minimum Gasteiger partial charge on any atom is -0.371 e. The van der Waals surface area contributed by atoms with E-state index < -0.39 is 27.9 Å². The molecule has 1 aromatic heterocycles. The lowest BCUT2D eigenvalue weighted by atomic mass is 10.2. The van der Waals surface area contributed by atoms with Gasteiger partial charge in [-0.1, -0.05) is 5.16 Å². The summed E-state index contributed by atoms with van der Waals surface area (Å²) < 4.78 is 31.8. The van der Waals surface area contributed by atoms with E-state index in [4.69, 9.17) is 4.52 Å². The minimum atomic E-state index is -1.07. The Labute approximate surface area is 105 Å². The fraction of sp³-hybridized carbons (Fsp3) is 0.200. The molecule has 0 spiro atoms. The lowest BCUT2D eigenvalue weighted by Gasteiger charge is -2.06. The van der Waals surface area contributed by atoms with Gasteiger partial charge in [0, 0.05) is 0 Å². The van der Waals surface area contributed by atoms with Gasteiger partial charge in [0.25, 0.3) is 5.69 Å². The van der Waals surface area contributed by atoms with Crippen LogP contribution in [0.4, 0.5) is 20.2 Å². The smallest absolute Gasteiger partial charge is 0.275 e. The number of nitro groups is 1. The van der Waals surface area contributed by atoms with Crippen LogP contribution in [-0.2, 0) is 6.54 Å². The summed E-state index contributed by atoms with van der Waals surface area (Å²) in [5.41, 5.74) is -1.14. The van der Waals surface area contributed by atoms with E-state index in [1.165, 1.54) is 0 Å². The highest BCUT2D eigenvalue weighted by Gasteiger charge is 2.17. The lowest BCUT2D eigenvalue weighted by Crippen LogP contribution is -2.05. The molecule has 0 unspecified atom stereocenters. The lowest BCUT2D eigenvalue weighted by molar-refractivity contribution is -0.385. The first-order chi connectivity index (χ1) is 8.97. The van der Waals surface area contributed by atoms with Crippen molar-refractivity contribution in [3.8, 4) is 0 Å². The first-order valence-corrected chi connectivity index (χ1v) is 5.14. The Morgan fingerprint density at radius 2 is 2.05 bits per heavy atom. The molecule has 7 nitrogen and oxygen atoms in total. The van der Waals surface area contributed by atoms with Crippen LogP contribution in [0.5, 0.6) is 0 Å². The van der Waals surface area contributed by atoms with E-state index in [1.54, 1.807) is 6.92 Å². The highest BCUT2D eigenvalue weighted by atomic mass is 19.1. The molecule has 0 aliphatic heterocycles. The average Bonchev–Trinajstić information content (AvgIpc) is 2.73. The highest BCUT2D eigenvalue weighted by molar-refractivity contribution is 5.51. The van der Waals surface area contributed by atoms with Crippen molar-refractivity contribution in [2.24, 2.45) is 0 Å². The SMILES string of the molecule is Cc1noc(CNc2c(F)cc([N+](=O)[O-])cc2F)n1. The molecule has 2 rings (SSSR count). The molecule has 0 saturated carbocycles. The second kappa shape index (κ2) is 4.96. The zero-order chi connectivity index (χ0) is 14.0. The van der Waals surface area contributed by atoms with Gasteiger partial charge in [-0.2, -0.15) is 4.98 Å². The number of rotatable bonds is 4. The van der Waals surface area contributed by atoms with Crippen LogP contribution in [0.3, 0.4) is 0 Å². The second-order valence-electron chi connectivity index (χ2n) is 3.63. The van der Waals surface area contributed by atoms with E-state index in [1.807, 2.05) is 0 Å². The summed E-state index contributed by atoms with van der Waals surface area (Å²) in [6.45, 7) is 1.51. The van der Waals surface area contributed by atoms with E-state index >= 15 is 0 Å². The Kier molecular flexibility index (Phi) is 3.36. The molecule has 1 N–H and O–H groups in total. The van der Waals surface area contributed by atoms with Gasteiger partial charge < -0.3 is 9.84 Å². The number of hydrogen-bond donors (Lipinski definition) is 1. The van der Waals surface area contributed by atoms with Crippen molar-refractivity contribution in [2.75, 3.05) is 5.32 Å². The highest BCUT2D eigenvalue weighted by Crippen LogP contribution is 2.25. The molecule has 0 bridgehead atoms. The van der Waals surface area contributed by atoms with Gasteiger partial charge in [-0.05, 0) is 6.92 Å². The van der Waals surface area contributed by atoms with Crippen LogP contribution in [-0.4, -0.2) is 15.1 Å². The third-order valence-electron chi connectivity index (χ3n) is 2.22. The van der Waals surface area contributed by atoms with Crippen LogP contribution in [0.25, 0.3) is 0 Å². The van der Waals surface area contributed by atoms with Gasteiger partial charge in [-0.15, -0.1) is 0 Å². The number of nitrogens with zero attached hydrogens (tertiary/aromatic N) is 3. The maximum absolute atomic E-state index is 13.5. The van der Waals surface area contributed by atoms with Crippen LogP contribution >= 0.6 is 0 Å². The maximum atomic E-state index is 13.5. The van der Waals surface area contributed by atoms with Crippen molar-refractivity contribution < 1.29 is 18.2 Å². The number of anilines is 1. The predicted octanol–water partition coefficient (Wildman–Crippen LogP) is 2.18. The average molecular weight is 270 g/mol. The second-order valence-corrected chi connectivity index (χ2v) is 3.63. The third kappa shape index (κ3) is 2.81. The number of aromatic nitrogens is 2. The predicted molar refractivity (Wildman–Crippen MR) is 59.4 cm³/mol. The first kappa shape index (κ1) is 12.9. The molecule has 0 radical (unpaired) electrons. The van der Waals surface area contributed by atoms with E-state index in [9.17, 15) is 18.9 Å². The molecule has 0 aliphatic carbocycles. The summed E-state index contributed by atoms with van der Waals surface area (Å²) in [6, 6.07) is 1.26.